The van der Waals surface area contributed by atoms with E-state index in [1.54, 1.807) is 14.2 Å². The van der Waals surface area contributed by atoms with Crippen molar-refractivity contribution in [3.05, 3.63) is 71.5 Å². The Morgan fingerprint density at radius 1 is 1.07 bits per heavy atom. The highest BCUT2D eigenvalue weighted by molar-refractivity contribution is 5.77. The molecule has 0 saturated carbocycles. The van der Waals surface area contributed by atoms with Crippen molar-refractivity contribution in [3.8, 4) is 17.2 Å². The van der Waals surface area contributed by atoms with Crippen LogP contribution in [0.5, 0.6) is 11.5 Å². The maximum Gasteiger partial charge on any atom is 0.223 e. The first-order valence-electron chi connectivity index (χ1n) is 9.78. The molecule has 0 aliphatic carbocycles. The molecular formula is C23H25N3O3. The standard InChI is InChI=1S/C23H25N3O3/c1-28-21-12-18-10-11-25(16-19(18)13-22(21)29-2)23(27)9-8-17-14-24-26(15-17)20-6-4-3-5-7-20/h3-7,12-15H,8-11,16H2,1-2H3. The van der Waals surface area contributed by atoms with Gasteiger partial charge < -0.3 is 14.4 Å². The fourth-order valence-electron chi connectivity index (χ4n) is 3.72. The average molecular weight is 391 g/mol. The number of rotatable bonds is 6. The minimum absolute atomic E-state index is 0.165. The number of amides is 1. The maximum atomic E-state index is 12.8. The molecule has 0 atom stereocenters. The molecule has 150 valence electrons. The molecular weight excluding hydrogens is 366 g/mol. The van der Waals surface area contributed by atoms with Crippen LogP contribution in [-0.4, -0.2) is 41.4 Å². The van der Waals surface area contributed by atoms with Gasteiger partial charge in [-0.1, -0.05) is 18.2 Å². The maximum absolute atomic E-state index is 12.8. The van der Waals surface area contributed by atoms with Crippen LogP contribution in [0.4, 0.5) is 0 Å². The lowest BCUT2D eigenvalue weighted by atomic mass is 9.98. The molecule has 3 aromatic rings. The van der Waals surface area contributed by atoms with Gasteiger partial charge >= 0.3 is 0 Å². The van der Waals surface area contributed by atoms with E-state index in [9.17, 15) is 4.79 Å². The summed E-state index contributed by atoms with van der Waals surface area (Å²) in [4.78, 5) is 14.7. The van der Waals surface area contributed by atoms with Crippen molar-refractivity contribution in [1.29, 1.82) is 0 Å². The molecule has 0 spiro atoms. The van der Waals surface area contributed by atoms with E-state index in [-0.39, 0.29) is 5.91 Å². The van der Waals surface area contributed by atoms with E-state index in [1.807, 2.05) is 64.4 Å². The third-order valence-electron chi connectivity index (χ3n) is 5.36. The van der Waals surface area contributed by atoms with E-state index in [0.717, 1.165) is 35.5 Å². The van der Waals surface area contributed by atoms with E-state index in [1.165, 1.54) is 5.56 Å². The average Bonchev–Trinajstić information content (AvgIpc) is 3.25. The topological polar surface area (TPSA) is 56.6 Å². The van der Waals surface area contributed by atoms with Gasteiger partial charge in [0.25, 0.3) is 0 Å². The number of aryl methyl sites for hydroxylation is 1. The third kappa shape index (κ3) is 4.11. The van der Waals surface area contributed by atoms with Gasteiger partial charge in [0, 0.05) is 25.7 Å². The molecule has 0 saturated heterocycles. The summed E-state index contributed by atoms with van der Waals surface area (Å²) >= 11 is 0. The van der Waals surface area contributed by atoms with Crippen molar-refractivity contribution in [2.75, 3.05) is 20.8 Å². The highest BCUT2D eigenvalue weighted by atomic mass is 16.5. The monoisotopic (exact) mass is 391 g/mol. The molecule has 0 bridgehead atoms. The molecule has 0 unspecified atom stereocenters. The molecule has 0 radical (unpaired) electrons. The number of carbonyl (C=O) groups is 1. The van der Waals surface area contributed by atoms with Gasteiger partial charge in [0.15, 0.2) is 11.5 Å². The normalized spacial score (nSPS) is 13.1. The Balaban J connectivity index is 1.38. The number of aromatic nitrogens is 2. The molecule has 1 amide bonds. The van der Waals surface area contributed by atoms with Crippen LogP contribution in [0.15, 0.2) is 54.9 Å². The second-order valence-electron chi connectivity index (χ2n) is 7.17. The first-order valence-corrected chi connectivity index (χ1v) is 9.78. The number of hydrogen-bond donors (Lipinski definition) is 0. The molecule has 0 N–H and O–H groups in total. The zero-order chi connectivity index (χ0) is 20.2. The number of para-hydroxylation sites is 1. The quantitative estimate of drug-likeness (QED) is 0.646. The zero-order valence-corrected chi connectivity index (χ0v) is 16.8. The molecule has 1 aliphatic rings. The van der Waals surface area contributed by atoms with Crippen molar-refractivity contribution in [2.24, 2.45) is 0 Å². The Labute approximate surface area is 170 Å². The van der Waals surface area contributed by atoms with E-state index < -0.39 is 0 Å². The smallest absolute Gasteiger partial charge is 0.223 e. The summed E-state index contributed by atoms with van der Waals surface area (Å²) in [6.45, 7) is 1.34. The van der Waals surface area contributed by atoms with Gasteiger partial charge in [-0.25, -0.2) is 4.68 Å². The Bertz CT molecular complexity index is 998. The number of methoxy groups -OCH3 is 2. The van der Waals surface area contributed by atoms with Crippen molar-refractivity contribution in [3.63, 3.8) is 0 Å². The number of benzene rings is 2. The Kier molecular flexibility index (Phi) is 5.51. The lowest BCUT2D eigenvalue weighted by molar-refractivity contribution is -0.132. The Hall–Kier alpha value is -3.28. The van der Waals surface area contributed by atoms with Gasteiger partial charge in [-0.15, -0.1) is 0 Å². The SMILES string of the molecule is COc1cc2c(cc1OC)CN(C(=O)CCc1cnn(-c3ccccc3)c1)CC2. The molecule has 0 fully saturated rings. The molecule has 29 heavy (non-hydrogen) atoms. The Morgan fingerprint density at radius 2 is 1.79 bits per heavy atom. The molecule has 6 heteroatoms. The molecule has 1 aliphatic heterocycles. The number of nitrogens with zero attached hydrogens (tertiary/aromatic N) is 3. The molecule has 2 aromatic carbocycles. The van der Waals surface area contributed by atoms with Crippen LogP contribution in [0.3, 0.4) is 0 Å². The summed E-state index contributed by atoms with van der Waals surface area (Å²) in [5.41, 5.74) is 4.42. The van der Waals surface area contributed by atoms with Crippen LogP contribution in [-0.2, 0) is 24.2 Å². The van der Waals surface area contributed by atoms with Crippen LogP contribution in [0, 0.1) is 0 Å². The van der Waals surface area contributed by atoms with Crippen LogP contribution in [0.2, 0.25) is 0 Å². The largest absolute Gasteiger partial charge is 0.493 e. The van der Waals surface area contributed by atoms with E-state index in [4.69, 9.17) is 9.47 Å². The van der Waals surface area contributed by atoms with Crippen molar-refractivity contribution < 1.29 is 14.3 Å². The van der Waals surface area contributed by atoms with Crippen LogP contribution in [0.1, 0.15) is 23.1 Å². The van der Waals surface area contributed by atoms with Gasteiger partial charge in [0.1, 0.15) is 0 Å². The van der Waals surface area contributed by atoms with E-state index in [2.05, 4.69) is 5.10 Å². The predicted molar refractivity (Wildman–Crippen MR) is 111 cm³/mol. The number of carbonyl (C=O) groups excluding carboxylic acids is 1. The van der Waals surface area contributed by atoms with Gasteiger partial charge in [-0.3, -0.25) is 4.79 Å². The zero-order valence-electron chi connectivity index (χ0n) is 16.8. The third-order valence-corrected chi connectivity index (χ3v) is 5.36. The summed E-state index contributed by atoms with van der Waals surface area (Å²) in [5, 5.41) is 4.41. The van der Waals surface area contributed by atoms with Crippen molar-refractivity contribution in [2.45, 2.75) is 25.8 Å². The van der Waals surface area contributed by atoms with E-state index >= 15 is 0 Å². The summed E-state index contributed by atoms with van der Waals surface area (Å²) in [5.74, 6) is 1.60. The highest BCUT2D eigenvalue weighted by Crippen LogP contribution is 2.33. The molecule has 6 nitrogen and oxygen atoms in total. The number of fused-ring (bicyclic) bond motifs is 1. The fraction of sp³-hybridized carbons (Fsp3) is 0.304. The first-order chi connectivity index (χ1) is 14.2. The van der Waals surface area contributed by atoms with Crippen LogP contribution >= 0.6 is 0 Å². The van der Waals surface area contributed by atoms with Gasteiger partial charge in [0.05, 0.1) is 26.1 Å². The predicted octanol–water partition coefficient (Wildman–Crippen LogP) is 3.41. The van der Waals surface area contributed by atoms with E-state index in [0.29, 0.717) is 25.1 Å². The minimum Gasteiger partial charge on any atom is -0.493 e. The Morgan fingerprint density at radius 3 is 2.52 bits per heavy atom. The number of hydrogen-bond acceptors (Lipinski definition) is 4. The summed E-state index contributed by atoms with van der Waals surface area (Å²) in [6.07, 6.45) is 5.81. The second-order valence-corrected chi connectivity index (χ2v) is 7.17. The summed E-state index contributed by atoms with van der Waals surface area (Å²) < 4.78 is 12.6. The molecule has 2 heterocycles. The van der Waals surface area contributed by atoms with Crippen molar-refractivity contribution >= 4 is 5.91 Å². The fourth-order valence-corrected chi connectivity index (χ4v) is 3.72. The summed E-state index contributed by atoms with van der Waals surface area (Å²) in [7, 11) is 3.27. The minimum atomic E-state index is 0.165. The first kappa shape index (κ1) is 19.1. The van der Waals surface area contributed by atoms with Crippen molar-refractivity contribution in [1.82, 2.24) is 14.7 Å². The van der Waals surface area contributed by atoms with Crippen LogP contribution < -0.4 is 9.47 Å². The van der Waals surface area contributed by atoms with Gasteiger partial charge in [0.2, 0.25) is 5.91 Å². The van der Waals surface area contributed by atoms with Gasteiger partial charge in [-0.05, 0) is 53.8 Å². The molecule has 1 aromatic heterocycles. The van der Waals surface area contributed by atoms with Crippen LogP contribution in [0.25, 0.3) is 5.69 Å². The number of ether oxygens (including phenoxy) is 2. The van der Waals surface area contributed by atoms with Gasteiger partial charge in [-0.2, -0.15) is 5.10 Å². The highest BCUT2D eigenvalue weighted by Gasteiger charge is 2.22. The lowest BCUT2D eigenvalue weighted by Crippen LogP contribution is -2.36. The molecule has 4 rings (SSSR count). The lowest BCUT2D eigenvalue weighted by Gasteiger charge is -2.29. The summed E-state index contributed by atoms with van der Waals surface area (Å²) in [6, 6.07) is 14.0. The second kappa shape index (κ2) is 8.39.